The first kappa shape index (κ1) is 11.1. The van der Waals surface area contributed by atoms with Crippen molar-refractivity contribution in [1.29, 1.82) is 0 Å². The van der Waals surface area contributed by atoms with Crippen LogP contribution in [0.5, 0.6) is 0 Å². The fourth-order valence-electron chi connectivity index (χ4n) is 2.14. The highest BCUT2D eigenvalue weighted by atomic mass is 16.2. The van der Waals surface area contributed by atoms with E-state index < -0.39 is 5.54 Å². The quantitative estimate of drug-likeness (QED) is 0.703. The molecule has 2 rings (SSSR count). The van der Waals surface area contributed by atoms with Gasteiger partial charge in [0.25, 0.3) is 0 Å². The molecule has 1 amide bonds. The zero-order chi connectivity index (χ0) is 11.4. The predicted molar refractivity (Wildman–Crippen MR) is 60.4 cm³/mol. The second-order valence-corrected chi connectivity index (χ2v) is 4.48. The maximum Gasteiger partial charge on any atom is 0.240 e. The van der Waals surface area contributed by atoms with Gasteiger partial charge in [-0.1, -0.05) is 19.3 Å². The van der Waals surface area contributed by atoms with Crippen molar-refractivity contribution in [2.45, 2.75) is 44.2 Å². The summed E-state index contributed by atoms with van der Waals surface area (Å²) < 4.78 is 0. The number of hydrogen-bond acceptors (Lipinski definition) is 3. The molecule has 1 aromatic heterocycles. The van der Waals surface area contributed by atoms with Gasteiger partial charge in [0.15, 0.2) is 0 Å². The summed E-state index contributed by atoms with van der Waals surface area (Å²) in [4.78, 5) is 11.9. The number of carbonyl (C=O) groups excluding carboxylic acids is 1. The van der Waals surface area contributed by atoms with Crippen LogP contribution in [0.2, 0.25) is 0 Å². The molecule has 5 heteroatoms. The van der Waals surface area contributed by atoms with E-state index in [0.29, 0.717) is 6.54 Å². The Balaban J connectivity index is 1.87. The Morgan fingerprint density at radius 3 is 2.88 bits per heavy atom. The highest BCUT2D eigenvalue weighted by Gasteiger charge is 2.34. The van der Waals surface area contributed by atoms with E-state index in [1.54, 1.807) is 6.20 Å². The van der Waals surface area contributed by atoms with Crippen LogP contribution in [0.15, 0.2) is 12.3 Å². The van der Waals surface area contributed by atoms with E-state index in [4.69, 9.17) is 5.73 Å². The molecule has 0 spiro atoms. The smallest absolute Gasteiger partial charge is 0.240 e. The maximum absolute atomic E-state index is 11.9. The molecule has 0 saturated heterocycles. The number of nitrogens with zero attached hydrogens (tertiary/aromatic N) is 1. The van der Waals surface area contributed by atoms with Gasteiger partial charge >= 0.3 is 0 Å². The van der Waals surface area contributed by atoms with E-state index in [1.807, 2.05) is 6.07 Å². The Kier molecular flexibility index (Phi) is 3.24. The Morgan fingerprint density at radius 1 is 1.50 bits per heavy atom. The highest BCUT2D eigenvalue weighted by Crippen LogP contribution is 2.25. The molecule has 0 aromatic carbocycles. The molecule has 1 aliphatic rings. The van der Waals surface area contributed by atoms with Gasteiger partial charge in [0.05, 0.1) is 17.8 Å². The second-order valence-electron chi connectivity index (χ2n) is 4.48. The summed E-state index contributed by atoms with van der Waals surface area (Å²) in [5, 5.41) is 9.48. The average molecular weight is 222 g/mol. The molecule has 88 valence electrons. The fraction of sp³-hybridized carbons (Fsp3) is 0.636. The lowest BCUT2D eigenvalue weighted by atomic mass is 9.82. The zero-order valence-corrected chi connectivity index (χ0v) is 9.33. The lowest BCUT2D eigenvalue weighted by molar-refractivity contribution is -0.127. The topological polar surface area (TPSA) is 83.8 Å². The van der Waals surface area contributed by atoms with E-state index in [0.717, 1.165) is 31.4 Å². The standard InChI is InChI=1S/C11H18N4O/c12-11(5-2-1-3-6-11)10(16)13-8-9-4-7-14-15-9/h4,7H,1-3,5-6,8,12H2,(H,13,16)(H,14,15). The van der Waals surface area contributed by atoms with Crippen LogP contribution >= 0.6 is 0 Å². The third-order valence-electron chi connectivity index (χ3n) is 3.20. The summed E-state index contributed by atoms with van der Waals surface area (Å²) in [6.45, 7) is 0.470. The summed E-state index contributed by atoms with van der Waals surface area (Å²) in [7, 11) is 0. The van der Waals surface area contributed by atoms with Crippen LogP contribution in [-0.4, -0.2) is 21.6 Å². The molecule has 0 aliphatic heterocycles. The molecule has 16 heavy (non-hydrogen) atoms. The molecule has 0 radical (unpaired) electrons. The zero-order valence-electron chi connectivity index (χ0n) is 9.33. The number of nitrogens with two attached hydrogens (primary N) is 1. The minimum atomic E-state index is -0.654. The minimum absolute atomic E-state index is 0.0400. The largest absolute Gasteiger partial charge is 0.349 e. The van der Waals surface area contributed by atoms with E-state index in [-0.39, 0.29) is 5.91 Å². The monoisotopic (exact) mass is 222 g/mol. The van der Waals surface area contributed by atoms with Crippen LogP contribution < -0.4 is 11.1 Å². The predicted octanol–water partition coefficient (Wildman–Crippen LogP) is 0.687. The SMILES string of the molecule is NC1(C(=O)NCc2ccn[nH]2)CCCCC1. The highest BCUT2D eigenvalue weighted by molar-refractivity contribution is 5.86. The van der Waals surface area contributed by atoms with Crippen LogP contribution in [0.1, 0.15) is 37.8 Å². The van der Waals surface area contributed by atoms with Gasteiger partial charge in [-0.25, -0.2) is 0 Å². The summed E-state index contributed by atoms with van der Waals surface area (Å²) in [6.07, 6.45) is 6.54. The molecule has 1 aliphatic carbocycles. The molecule has 0 atom stereocenters. The number of amides is 1. The number of aromatic nitrogens is 2. The van der Waals surface area contributed by atoms with Crippen molar-refractivity contribution in [2.75, 3.05) is 0 Å². The molecule has 1 fully saturated rings. The number of carbonyl (C=O) groups is 1. The van der Waals surface area contributed by atoms with Gasteiger partial charge in [-0.2, -0.15) is 5.10 Å². The van der Waals surface area contributed by atoms with Crippen LogP contribution in [-0.2, 0) is 11.3 Å². The van der Waals surface area contributed by atoms with Gasteiger partial charge in [0, 0.05) is 6.20 Å². The van der Waals surface area contributed by atoms with Crippen molar-refractivity contribution in [2.24, 2.45) is 5.73 Å². The van der Waals surface area contributed by atoms with E-state index in [2.05, 4.69) is 15.5 Å². The molecule has 0 unspecified atom stereocenters. The van der Waals surface area contributed by atoms with Crippen molar-refractivity contribution in [3.05, 3.63) is 18.0 Å². The van der Waals surface area contributed by atoms with Crippen molar-refractivity contribution in [1.82, 2.24) is 15.5 Å². The van der Waals surface area contributed by atoms with Gasteiger partial charge in [0.1, 0.15) is 0 Å². The van der Waals surface area contributed by atoms with Gasteiger partial charge in [-0.05, 0) is 18.9 Å². The Labute approximate surface area is 94.8 Å². The molecule has 0 bridgehead atoms. The third-order valence-corrected chi connectivity index (χ3v) is 3.20. The van der Waals surface area contributed by atoms with Crippen molar-refractivity contribution >= 4 is 5.91 Å². The lowest BCUT2D eigenvalue weighted by Crippen LogP contribution is -2.54. The lowest BCUT2D eigenvalue weighted by Gasteiger charge is -2.31. The van der Waals surface area contributed by atoms with E-state index in [9.17, 15) is 4.79 Å². The first-order valence-corrected chi connectivity index (χ1v) is 5.76. The number of rotatable bonds is 3. The van der Waals surface area contributed by atoms with E-state index in [1.165, 1.54) is 6.42 Å². The van der Waals surface area contributed by atoms with Crippen LogP contribution in [0, 0.1) is 0 Å². The van der Waals surface area contributed by atoms with Gasteiger partial charge < -0.3 is 11.1 Å². The Morgan fingerprint density at radius 2 is 2.25 bits per heavy atom. The number of H-pyrrole nitrogens is 1. The van der Waals surface area contributed by atoms with Crippen molar-refractivity contribution < 1.29 is 4.79 Å². The third kappa shape index (κ3) is 2.41. The first-order chi connectivity index (χ1) is 7.71. The molecule has 5 nitrogen and oxygen atoms in total. The van der Waals surface area contributed by atoms with Gasteiger partial charge in [-0.3, -0.25) is 9.89 Å². The minimum Gasteiger partial charge on any atom is -0.349 e. The summed E-state index contributed by atoms with van der Waals surface area (Å²) in [5.74, 6) is -0.0400. The maximum atomic E-state index is 11.9. The van der Waals surface area contributed by atoms with Crippen LogP contribution in [0.4, 0.5) is 0 Å². The molecule has 1 heterocycles. The molecule has 1 saturated carbocycles. The molecular weight excluding hydrogens is 204 g/mol. The first-order valence-electron chi connectivity index (χ1n) is 5.76. The van der Waals surface area contributed by atoms with Crippen LogP contribution in [0.25, 0.3) is 0 Å². The molecular formula is C11H18N4O. The number of nitrogens with one attached hydrogen (secondary N) is 2. The normalized spacial score (nSPS) is 19.3. The fourth-order valence-corrected chi connectivity index (χ4v) is 2.14. The van der Waals surface area contributed by atoms with Crippen LogP contribution in [0.3, 0.4) is 0 Å². The van der Waals surface area contributed by atoms with Gasteiger partial charge in [-0.15, -0.1) is 0 Å². The van der Waals surface area contributed by atoms with Crippen molar-refractivity contribution in [3.8, 4) is 0 Å². The molecule has 1 aromatic rings. The summed E-state index contributed by atoms with van der Waals surface area (Å²) in [5.41, 5.74) is 6.35. The number of hydrogen-bond donors (Lipinski definition) is 3. The van der Waals surface area contributed by atoms with E-state index >= 15 is 0 Å². The summed E-state index contributed by atoms with van der Waals surface area (Å²) in [6, 6.07) is 1.84. The summed E-state index contributed by atoms with van der Waals surface area (Å²) >= 11 is 0. The number of aromatic amines is 1. The molecule has 4 N–H and O–H groups in total. The average Bonchev–Trinajstić information content (AvgIpc) is 2.79. The second kappa shape index (κ2) is 4.65. The Hall–Kier alpha value is -1.36. The Bertz CT molecular complexity index is 341. The van der Waals surface area contributed by atoms with Gasteiger partial charge in [0.2, 0.25) is 5.91 Å². The van der Waals surface area contributed by atoms with Crippen molar-refractivity contribution in [3.63, 3.8) is 0 Å².